The van der Waals surface area contributed by atoms with Gasteiger partial charge in [-0.3, -0.25) is 9.78 Å². The molecule has 2 aromatic rings. The number of fused-ring (bicyclic) bond motifs is 1. The molecular weight excluding hydrogens is 394 g/mol. The third-order valence-corrected chi connectivity index (χ3v) is 6.26. The topological polar surface area (TPSA) is 100 Å². The first kappa shape index (κ1) is 21.6. The van der Waals surface area contributed by atoms with Crippen molar-refractivity contribution < 1.29 is 17.5 Å². The van der Waals surface area contributed by atoms with Gasteiger partial charge < -0.3 is 20.1 Å². The molecule has 2 aromatic heterocycles. The molecule has 0 saturated carbocycles. The van der Waals surface area contributed by atoms with Gasteiger partial charge >= 0.3 is 0 Å². The number of amides is 1. The van der Waals surface area contributed by atoms with E-state index >= 15 is 0 Å². The molecule has 1 amide bonds. The highest BCUT2D eigenvalue weighted by molar-refractivity contribution is 6.04. The monoisotopic (exact) mass is 429 g/mol. The fourth-order valence-electron chi connectivity index (χ4n) is 4.08. The Bertz CT molecular complexity index is 958. The van der Waals surface area contributed by atoms with Crippen molar-refractivity contribution in [2.24, 2.45) is 5.92 Å². The van der Waals surface area contributed by atoms with Crippen LogP contribution in [0.15, 0.2) is 24.5 Å². The summed E-state index contributed by atoms with van der Waals surface area (Å²) >= 11 is 0. The molecule has 0 atom stereocenters. The number of pyridine rings is 1. The third kappa shape index (κ3) is 4.41. The third-order valence-electron chi connectivity index (χ3n) is 6.26. The molecular formula is C23H35N5O3. The lowest BCUT2D eigenvalue weighted by molar-refractivity contribution is -0.120. The van der Waals surface area contributed by atoms with Crippen molar-refractivity contribution in [3.63, 3.8) is 0 Å². The first-order chi connectivity index (χ1) is 14.7. The zero-order valence-corrected chi connectivity index (χ0v) is 18.7. The van der Waals surface area contributed by atoms with Gasteiger partial charge in [0.05, 0.1) is 17.6 Å². The largest absolute Gasteiger partial charge is 0.384 e. The van der Waals surface area contributed by atoms with E-state index in [1.807, 2.05) is 19.9 Å². The first-order valence-electron chi connectivity index (χ1n) is 10.9. The van der Waals surface area contributed by atoms with E-state index in [9.17, 15) is 9.90 Å². The van der Waals surface area contributed by atoms with Crippen molar-refractivity contribution >= 4 is 17.5 Å². The van der Waals surface area contributed by atoms with E-state index < -0.39 is 11.1 Å². The van der Waals surface area contributed by atoms with Crippen LogP contribution < -0.4 is 10.2 Å². The van der Waals surface area contributed by atoms with E-state index in [1.54, 1.807) is 32.3 Å². The van der Waals surface area contributed by atoms with Gasteiger partial charge in [-0.15, -0.1) is 0 Å². The average Bonchev–Trinajstić information content (AvgIpc) is 2.74. The zero-order chi connectivity index (χ0) is 22.2. The molecule has 8 nitrogen and oxygen atoms in total. The van der Waals surface area contributed by atoms with E-state index in [-0.39, 0.29) is 8.76 Å². The van der Waals surface area contributed by atoms with Crippen LogP contribution in [0.1, 0.15) is 55.5 Å². The van der Waals surface area contributed by atoms with Gasteiger partial charge in [0.1, 0.15) is 11.1 Å². The van der Waals surface area contributed by atoms with Crippen LogP contribution in [-0.4, -0.2) is 51.3 Å². The second-order valence-electron chi connectivity index (χ2n) is 9.43. The molecule has 2 N–H and O–H groups in total. The summed E-state index contributed by atoms with van der Waals surface area (Å²) < 4.78 is 5.48. The average molecular weight is 430 g/mol. The number of aromatic nitrogens is 3. The number of carbonyl (C=O) groups is 1. The summed E-state index contributed by atoms with van der Waals surface area (Å²) in [7, 11) is 0. The minimum absolute atomic E-state index is 0. The van der Waals surface area contributed by atoms with Gasteiger partial charge in [-0.05, 0) is 65.0 Å². The second kappa shape index (κ2) is 8.16. The minimum atomic E-state index is -1.00. The molecule has 1 fully saturated rings. The Morgan fingerprint density at radius 3 is 2.65 bits per heavy atom. The number of ether oxygens (including phenoxy) is 1. The normalized spacial score (nSPS) is 19.1. The van der Waals surface area contributed by atoms with Crippen LogP contribution >= 0.6 is 0 Å². The van der Waals surface area contributed by atoms with Crippen LogP contribution in [0.25, 0.3) is 11.3 Å². The van der Waals surface area contributed by atoms with Crippen molar-refractivity contribution in [3.8, 4) is 11.3 Å². The van der Waals surface area contributed by atoms with Gasteiger partial charge in [0.25, 0.3) is 5.91 Å². The van der Waals surface area contributed by atoms with E-state index in [0.29, 0.717) is 28.9 Å². The maximum absolute atomic E-state index is 12.8. The number of nitrogens with one attached hydrogen (secondary N) is 1. The Morgan fingerprint density at radius 2 is 2.00 bits per heavy atom. The van der Waals surface area contributed by atoms with Crippen molar-refractivity contribution in [2.45, 2.75) is 58.1 Å². The molecule has 31 heavy (non-hydrogen) atoms. The summed E-state index contributed by atoms with van der Waals surface area (Å²) in [4.78, 5) is 28.6. The Morgan fingerprint density at radius 1 is 1.26 bits per heavy atom. The smallest absolute Gasteiger partial charge is 0.250 e. The van der Waals surface area contributed by atoms with Gasteiger partial charge in [0, 0.05) is 34.4 Å². The van der Waals surface area contributed by atoms with Gasteiger partial charge in [0.2, 0.25) is 0 Å². The van der Waals surface area contributed by atoms with Crippen LogP contribution in [0.2, 0.25) is 0 Å². The van der Waals surface area contributed by atoms with Crippen LogP contribution in [0.4, 0.5) is 11.6 Å². The SMILES string of the molecule is CC(C)(O)c1ccc(-c2cnc3c(n2)N(CCC2CCOCC2)C(C)(C)C(=O)N3)cn1.[HH].[HH]. The number of anilines is 2. The number of carbonyl (C=O) groups excluding carboxylic acids is 1. The summed E-state index contributed by atoms with van der Waals surface area (Å²) in [6.07, 6.45) is 6.43. The number of rotatable bonds is 5. The second-order valence-corrected chi connectivity index (χ2v) is 9.43. The fraction of sp³-hybridized carbons (Fsp3) is 0.565. The summed E-state index contributed by atoms with van der Waals surface area (Å²) in [6, 6.07) is 3.68. The lowest BCUT2D eigenvalue weighted by atomic mass is 9.93. The minimum Gasteiger partial charge on any atom is -0.384 e. The quantitative estimate of drug-likeness (QED) is 0.749. The zero-order valence-electron chi connectivity index (χ0n) is 18.7. The van der Waals surface area contributed by atoms with Crippen molar-refractivity contribution in [2.75, 3.05) is 30.0 Å². The molecule has 0 spiro atoms. The number of hydrogen-bond acceptors (Lipinski definition) is 7. The Kier molecular flexibility index (Phi) is 5.70. The predicted octanol–water partition coefficient (Wildman–Crippen LogP) is 3.61. The summed E-state index contributed by atoms with van der Waals surface area (Å²) in [5, 5.41) is 13.0. The van der Waals surface area contributed by atoms with E-state index in [2.05, 4.69) is 20.2 Å². The maximum atomic E-state index is 12.8. The molecule has 0 aliphatic carbocycles. The molecule has 0 unspecified atom stereocenters. The summed E-state index contributed by atoms with van der Waals surface area (Å²) in [5.41, 5.74) is 0.344. The molecule has 170 valence electrons. The molecule has 4 rings (SSSR count). The Hall–Kier alpha value is -2.58. The maximum Gasteiger partial charge on any atom is 0.250 e. The molecule has 8 heteroatoms. The number of aliphatic hydroxyl groups is 1. The molecule has 1 saturated heterocycles. The highest BCUT2D eigenvalue weighted by atomic mass is 16.5. The predicted molar refractivity (Wildman–Crippen MR) is 123 cm³/mol. The van der Waals surface area contributed by atoms with Crippen LogP contribution in [0, 0.1) is 5.92 Å². The van der Waals surface area contributed by atoms with Gasteiger partial charge in [0.15, 0.2) is 11.6 Å². The van der Waals surface area contributed by atoms with Crippen molar-refractivity contribution in [1.29, 1.82) is 0 Å². The standard InChI is InChI=1S/C23H31N5O3.2H2/c1-22(2)21(29)27-19-20(28(22)10-7-15-8-11-31-12-9-15)26-17(14-25-19)16-5-6-18(24-13-16)23(3,4)30;;/h5-6,13-15,30H,7-12H2,1-4H3,(H,25,27,29);2*1H. The highest BCUT2D eigenvalue weighted by Crippen LogP contribution is 2.36. The van der Waals surface area contributed by atoms with E-state index in [0.717, 1.165) is 44.6 Å². The van der Waals surface area contributed by atoms with Gasteiger partial charge in [-0.2, -0.15) is 0 Å². The number of hydrogen-bond donors (Lipinski definition) is 2. The fourth-order valence-corrected chi connectivity index (χ4v) is 4.08. The molecule has 4 heterocycles. The van der Waals surface area contributed by atoms with Gasteiger partial charge in [-0.25, -0.2) is 9.97 Å². The van der Waals surface area contributed by atoms with E-state index in [1.165, 1.54) is 0 Å². The Balaban J connectivity index is 0.00000193. The van der Waals surface area contributed by atoms with Crippen LogP contribution in [-0.2, 0) is 15.1 Å². The van der Waals surface area contributed by atoms with Crippen molar-refractivity contribution in [1.82, 2.24) is 15.0 Å². The molecule has 2 aliphatic heterocycles. The highest BCUT2D eigenvalue weighted by Gasteiger charge is 2.42. The van der Waals surface area contributed by atoms with Crippen LogP contribution in [0.5, 0.6) is 0 Å². The summed E-state index contributed by atoms with van der Waals surface area (Å²) in [6.45, 7) is 9.59. The van der Waals surface area contributed by atoms with Crippen LogP contribution in [0.3, 0.4) is 0 Å². The molecule has 0 bridgehead atoms. The number of nitrogens with zero attached hydrogens (tertiary/aromatic N) is 4. The lowest BCUT2D eigenvalue weighted by Gasteiger charge is -2.43. The van der Waals surface area contributed by atoms with Gasteiger partial charge in [-0.1, -0.05) is 0 Å². The van der Waals surface area contributed by atoms with E-state index in [4.69, 9.17) is 9.72 Å². The Labute approximate surface area is 186 Å². The van der Waals surface area contributed by atoms with Crippen molar-refractivity contribution in [3.05, 3.63) is 30.2 Å². The molecule has 2 aliphatic rings. The first-order valence-corrected chi connectivity index (χ1v) is 10.9. The lowest BCUT2D eigenvalue weighted by Crippen LogP contribution is -2.57. The molecule has 0 aromatic carbocycles. The molecule has 0 radical (unpaired) electrons. The summed E-state index contributed by atoms with van der Waals surface area (Å²) in [5.74, 6) is 1.68.